The van der Waals surface area contributed by atoms with Crippen LogP contribution in [-0.4, -0.2) is 44.9 Å². The minimum absolute atomic E-state index is 1.25. The second-order valence-electron chi connectivity index (χ2n) is 27.7. The largest absolute Gasteiger partial charge is 0.265 e. The summed E-state index contributed by atoms with van der Waals surface area (Å²) in [7, 11) is 0. The Morgan fingerprint density at radius 3 is 0.579 bits per heavy atom. The first kappa shape index (κ1) is 88.3. The molecule has 0 aliphatic rings. The van der Waals surface area contributed by atoms with Gasteiger partial charge in [-0.05, 0) is 187 Å². The summed E-state index contributed by atoms with van der Waals surface area (Å²) in [6, 6.07) is 167. The maximum Gasteiger partial charge on any atom is 0.115 e. The highest BCUT2D eigenvalue weighted by Crippen LogP contribution is 2.33. The van der Waals surface area contributed by atoms with Crippen LogP contribution in [0.5, 0.6) is 0 Å². The van der Waals surface area contributed by atoms with Crippen LogP contribution in [0, 0.1) is 0 Å². The standard InChI is InChI=1S/C22H16.3C16H12.2C10H8.3C5H5N.3C4H4N2/c1-2-8-17(9-3-1)19-12-6-13-20(16-19)22-15-7-11-18-10-4-5-14-21(18)22;2*1-2-7-13(8-3-1)16-12-6-10-14-9-4-5-11-15(14)16;1-2-6-13(7-3-1)16-11-10-14-8-4-5-9-15(14)12-16;2*1-2-6-10-8-4-3-7-9(10)5-1;3*1-2-4-6-5-3-1;3*1-2-5-4-6-3-1/h1-16H;3*1-12H;2*1-8H;3*1-5H;3*1-4H. The molecular formula is C117H95N9. The summed E-state index contributed by atoms with van der Waals surface area (Å²) < 4.78 is 0. The summed E-state index contributed by atoms with van der Waals surface area (Å²) in [5.41, 5.74) is 12.8. The second kappa shape index (κ2) is 52.8. The highest BCUT2D eigenvalue weighted by molar-refractivity contribution is 5.99. The minimum Gasteiger partial charge on any atom is -0.265 e. The minimum atomic E-state index is 1.25. The average Bonchev–Trinajstić information content (AvgIpc) is 0.815. The number of hydrogen-bond donors (Lipinski definition) is 0. The SMILES string of the molecule is c1ccc(-c2ccc3ccccc3c2)cc1.c1ccc(-c2cccc(-c3cccc4ccccc34)c2)cc1.c1ccc(-c2cccc3ccccc23)cc1.c1ccc(-c2cccc3ccccc23)cc1.c1ccc2ccccc2c1.c1ccc2ccccc2c1.c1ccncc1.c1ccncc1.c1ccncc1.c1cncnc1.c1cncnc1.c1cncnc1. The van der Waals surface area contributed by atoms with Gasteiger partial charge in [0.25, 0.3) is 0 Å². The Balaban J connectivity index is 0.000000129. The molecule has 6 heterocycles. The van der Waals surface area contributed by atoms with Crippen molar-refractivity contribution in [3.63, 3.8) is 0 Å². The van der Waals surface area contributed by atoms with Crippen LogP contribution in [-0.2, 0) is 0 Å². The highest BCUT2D eigenvalue weighted by Gasteiger charge is 2.07. The Hall–Kier alpha value is -17.0. The van der Waals surface area contributed by atoms with Crippen LogP contribution in [0.1, 0.15) is 0 Å². The fourth-order valence-corrected chi connectivity index (χ4v) is 13.1. The lowest BCUT2D eigenvalue weighted by atomic mass is 9.95. The van der Waals surface area contributed by atoms with Gasteiger partial charge < -0.3 is 0 Å². The van der Waals surface area contributed by atoms with Gasteiger partial charge in [-0.1, -0.05) is 419 Å². The number of aromatic nitrogens is 9. The van der Waals surface area contributed by atoms with Crippen LogP contribution in [0.3, 0.4) is 0 Å². The second-order valence-corrected chi connectivity index (χ2v) is 27.7. The lowest BCUT2D eigenvalue weighted by molar-refractivity contribution is 1.17. The van der Waals surface area contributed by atoms with E-state index in [0.717, 1.165) is 0 Å². The van der Waals surface area contributed by atoms with Gasteiger partial charge in [-0.3, -0.25) is 15.0 Å². The van der Waals surface area contributed by atoms with Crippen LogP contribution in [0.25, 0.3) is 120 Å². The van der Waals surface area contributed by atoms with Gasteiger partial charge in [0.05, 0.1) is 0 Å². The van der Waals surface area contributed by atoms with Crippen molar-refractivity contribution in [1.29, 1.82) is 0 Å². The molecule has 0 unspecified atom stereocenters. The predicted molar refractivity (Wildman–Crippen MR) is 530 cm³/mol. The Labute approximate surface area is 738 Å². The quantitative estimate of drug-likeness (QED) is 0.166. The smallest absolute Gasteiger partial charge is 0.115 e. The van der Waals surface area contributed by atoms with E-state index in [1.807, 2.05) is 60.7 Å². The number of fused-ring (bicyclic) bond motifs is 6. The van der Waals surface area contributed by atoms with Gasteiger partial charge in [0, 0.05) is 74.4 Å². The molecule has 0 aliphatic carbocycles. The molecule has 0 atom stereocenters. The van der Waals surface area contributed by atoms with Crippen molar-refractivity contribution in [2.75, 3.05) is 0 Å². The Kier molecular flexibility index (Phi) is 37.0. The molecule has 6 aromatic heterocycles. The summed E-state index contributed by atoms with van der Waals surface area (Å²) in [6.07, 6.45) is 25.1. The lowest BCUT2D eigenvalue weighted by Crippen LogP contribution is -1.83. The van der Waals surface area contributed by atoms with Gasteiger partial charge >= 0.3 is 0 Å². The molecule has 0 spiro atoms. The van der Waals surface area contributed by atoms with E-state index in [2.05, 4.69) is 451 Å². The molecule has 0 aliphatic heterocycles. The number of rotatable bonds is 5. The fourth-order valence-electron chi connectivity index (χ4n) is 13.1. The monoisotopic (exact) mass is 1630 g/mol. The Morgan fingerprint density at radius 1 is 0.103 bits per heavy atom. The van der Waals surface area contributed by atoms with Crippen LogP contribution < -0.4 is 0 Å². The van der Waals surface area contributed by atoms with E-state index in [4.69, 9.17) is 0 Å². The molecule has 0 saturated heterocycles. The Bertz CT molecular complexity index is 6080. The number of pyridine rings is 3. The normalized spacial score (nSPS) is 9.75. The van der Waals surface area contributed by atoms with Crippen LogP contribution >= 0.6 is 0 Å². The molecule has 608 valence electrons. The van der Waals surface area contributed by atoms with Gasteiger partial charge in [0.15, 0.2) is 0 Å². The molecule has 0 bridgehead atoms. The third-order valence-corrected chi connectivity index (χ3v) is 19.1. The summed E-state index contributed by atoms with van der Waals surface area (Å²) in [6.45, 7) is 0. The van der Waals surface area contributed by atoms with Crippen molar-refractivity contribution in [2.24, 2.45) is 0 Å². The average molecular weight is 1630 g/mol. The molecule has 126 heavy (non-hydrogen) atoms. The molecule has 23 aromatic rings. The molecule has 0 N–H and O–H groups in total. The van der Waals surface area contributed by atoms with Crippen LogP contribution in [0.15, 0.2) is 579 Å². The number of hydrogen-bond acceptors (Lipinski definition) is 9. The van der Waals surface area contributed by atoms with E-state index in [-0.39, 0.29) is 0 Å². The molecule has 9 heteroatoms. The first-order valence-corrected chi connectivity index (χ1v) is 41.5. The summed E-state index contributed by atoms with van der Waals surface area (Å²) in [5, 5.41) is 15.6. The molecule has 17 aromatic carbocycles. The highest BCUT2D eigenvalue weighted by atomic mass is 14.8. The summed E-state index contributed by atoms with van der Waals surface area (Å²) >= 11 is 0. The third-order valence-electron chi connectivity index (χ3n) is 19.1. The van der Waals surface area contributed by atoms with E-state index in [9.17, 15) is 0 Å². The maximum absolute atomic E-state index is 3.78. The van der Waals surface area contributed by atoms with Crippen molar-refractivity contribution in [3.8, 4) is 55.6 Å². The van der Waals surface area contributed by atoms with E-state index >= 15 is 0 Å². The van der Waals surface area contributed by atoms with Crippen molar-refractivity contribution < 1.29 is 0 Å². The molecule has 0 radical (unpaired) electrons. The van der Waals surface area contributed by atoms with E-state index in [0.29, 0.717) is 0 Å². The fraction of sp³-hybridized carbons (Fsp3) is 0. The van der Waals surface area contributed by atoms with Crippen molar-refractivity contribution >= 4 is 64.6 Å². The molecule has 0 saturated carbocycles. The van der Waals surface area contributed by atoms with E-state index in [1.54, 1.807) is 92.6 Å². The summed E-state index contributed by atoms with van der Waals surface area (Å²) in [4.78, 5) is 33.4. The Morgan fingerprint density at radius 2 is 0.310 bits per heavy atom. The van der Waals surface area contributed by atoms with Gasteiger partial charge in [-0.2, -0.15) is 0 Å². The molecule has 23 rings (SSSR count). The zero-order chi connectivity index (χ0) is 86.2. The van der Waals surface area contributed by atoms with E-state index in [1.165, 1.54) is 139 Å². The van der Waals surface area contributed by atoms with Gasteiger partial charge in [0.1, 0.15) is 19.0 Å². The van der Waals surface area contributed by atoms with Crippen LogP contribution in [0.2, 0.25) is 0 Å². The maximum atomic E-state index is 3.78. The van der Waals surface area contributed by atoms with Gasteiger partial charge in [0.2, 0.25) is 0 Å². The zero-order valence-corrected chi connectivity index (χ0v) is 69.9. The predicted octanol–water partition coefficient (Wildman–Crippen LogP) is 30.0. The first-order chi connectivity index (χ1) is 62.7. The molecule has 0 fully saturated rings. The van der Waals surface area contributed by atoms with Crippen molar-refractivity contribution in [3.05, 3.63) is 579 Å². The van der Waals surface area contributed by atoms with Gasteiger partial charge in [-0.25, -0.2) is 29.9 Å². The molecular weight excluding hydrogens is 1530 g/mol. The lowest BCUT2D eigenvalue weighted by Gasteiger charge is -2.09. The van der Waals surface area contributed by atoms with Gasteiger partial charge in [-0.15, -0.1) is 0 Å². The summed E-state index contributed by atoms with van der Waals surface area (Å²) in [5.74, 6) is 0. The third kappa shape index (κ3) is 30.1. The molecule has 0 amide bonds. The number of nitrogens with zero attached hydrogens (tertiary/aromatic N) is 9. The first-order valence-electron chi connectivity index (χ1n) is 41.5. The van der Waals surface area contributed by atoms with E-state index < -0.39 is 0 Å². The molecule has 9 nitrogen and oxygen atoms in total. The van der Waals surface area contributed by atoms with Crippen molar-refractivity contribution in [1.82, 2.24) is 44.9 Å². The number of benzene rings is 17. The van der Waals surface area contributed by atoms with Crippen LogP contribution in [0.4, 0.5) is 0 Å². The zero-order valence-electron chi connectivity index (χ0n) is 69.9. The van der Waals surface area contributed by atoms with Crippen molar-refractivity contribution in [2.45, 2.75) is 0 Å². The topological polar surface area (TPSA) is 116 Å².